The van der Waals surface area contributed by atoms with Gasteiger partial charge in [0.2, 0.25) is 0 Å². The molecule has 1 aromatic heterocycles. The van der Waals surface area contributed by atoms with Crippen LogP contribution in [0.5, 0.6) is 0 Å². The molecule has 0 saturated carbocycles. The van der Waals surface area contributed by atoms with Gasteiger partial charge in [-0.05, 0) is 34.5 Å². The van der Waals surface area contributed by atoms with Crippen LogP contribution in [0, 0.1) is 11.3 Å². The summed E-state index contributed by atoms with van der Waals surface area (Å²) < 4.78 is 5.74. The number of carbonyl (C=O) groups is 1. The van der Waals surface area contributed by atoms with Crippen molar-refractivity contribution in [2.45, 2.75) is 5.92 Å². The molecule has 0 saturated heterocycles. The minimum absolute atomic E-state index is 0.517. The Balaban J connectivity index is 2.45. The summed E-state index contributed by atoms with van der Waals surface area (Å²) in [6.45, 7) is 0. The second kappa shape index (κ2) is 4.33. The van der Waals surface area contributed by atoms with Gasteiger partial charge in [-0.25, -0.2) is 0 Å². The SMILES string of the molecule is COC(=O)C(C#N)c1ccc2sccc2c1. The van der Waals surface area contributed by atoms with E-state index in [-0.39, 0.29) is 0 Å². The highest BCUT2D eigenvalue weighted by Gasteiger charge is 2.20. The topological polar surface area (TPSA) is 50.1 Å². The van der Waals surface area contributed by atoms with Gasteiger partial charge in [0.1, 0.15) is 0 Å². The lowest BCUT2D eigenvalue weighted by Gasteiger charge is -2.06. The van der Waals surface area contributed by atoms with E-state index in [2.05, 4.69) is 4.74 Å². The Morgan fingerprint density at radius 2 is 2.31 bits per heavy atom. The van der Waals surface area contributed by atoms with Gasteiger partial charge in [-0.2, -0.15) is 5.26 Å². The zero-order chi connectivity index (χ0) is 11.5. The van der Waals surface area contributed by atoms with Crippen LogP contribution in [-0.2, 0) is 9.53 Å². The van der Waals surface area contributed by atoms with Crippen LogP contribution in [-0.4, -0.2) is 13.1 Å². The van der Waals surface area contributed by atoms with Crippen LogP contribution in [0.15, 0.2) is 29.6 Å². The molecule has 0 aliphatic rings. The van der Waals surface area contributed by atoms with E-state index < -0.39 is 11.9 Å². The fourth-order valence-corrected chi connectivity index (χ4v) is 2.32. The predicted octanol–water partition coefficient (Wildman–Crippen LogP) is 2.68. The second-order valence-corrected chi connectivity index (χ2v) is 4.25. The third kappa shape index (κ3) is 1.77. The van der Waals surface area contributed by atoms with Crippen molar-refractivity contribution in [2.75, 3.05) is 7.11 Å². The Morgan fingerprint density at radius 3 is 3.00 bits per heavy atom. The summed E-state index contributed by atoms with van der Waals surface area (Å²) in [5.74, 6) is -1.36. The molecular weight excluding hydrogens is 222 g/mol. The van der Waals surface area contributed by atoms with Gasteiger partial charge < -0.3 is 4.74 Å². The molecule has 1 unspecified atom stereocenters. The van der Waals surface area contributed by atoms with Gasteiger partial charge in [0.25, 0.3) is 0 Å². The molecular formula is C12H9NO2S. The van der Waals surface area contributed by atoms with Crippen LogP contribution in [0.4, 0.5) is 0 Å². The smallest absolute Gasteiger partial charge is 0.327 e. The molecule has 0 aliphatic carbocycles. The lowest BCUT2D eigenvalue weighted by Crippen LogP contribution is -2.12. The van der Waals surface area contributed by atoms with Gasteiger partial charge in [-0.15, -0.1) is 11.3 Å². The van der Waals surface area contributed by atoms with E-state index in [9.17, 15) is 4.79 Å². The summed E-state index contributed by atoms with van der Waals surface area (Å²) in [6, 6.07) is 9.49. The van der Waals surface area contributed by atoms with Gasteiger partial charge in [-0.3, -0.25) is 4.79 Å². The van der Waals surface area contributed by atoms with E-state index in [0.717, 1.165) is 10.1 Å². The summed E-state index contributed by atoms with van der Waals surface area (Å²) >= 11 is 1.63. The van der Waals surface area contributed by atoms with E-state index in [1.54, 1.807) is 17.4 Å². The highest BCUT2D eigenvalue weighted by atomic mass is 32.1. The monoisotopic (exact) mass is 231 g/mol. The van der Waals surface area contributed by atoms with Crippen molar-refractivity contribution in [2.24, 2.45) is 0 Å². The minimum atomic E-state index is -0.839. The number of hydrogen-bond donors (Lipinski definition) is 0. The molecule has 4 heteroatoms. The van der Waals surface area contributed by atoms with Crippen LogP contribution in [0.25, 0.3) is 10.1 Å². The zero-order valence-electron chi connectivity index (χ0n) is 8.64. The van der Waals surface area contributed by atoms with E-state index in [1.165, 1.54) is 7.11 Å². The summed E-state index contributed by atoms with van der Waals surface area (Å²) in [5.41, 5.74) is 0.681. The first-order valence-corrected chi connectivity index (χ1v) is 5.59. The Kier molecular flexibility index (Phi) is 2.88. The highest BCUT2D eigenvalue weighted by molar-refractivity contribution is 7.17. The van der Waals surface area contributed by atoms with Crippen LogP contribution < -0.4 is 0 Å². The number of hydrogen-bond acceptors (Lipinski definition) is 4. The molecule has 3 nitrogen and oxygen atoms in total. The number of methoxy groups -OCH3 is 1. The summed E-state index contributed by atoms with van der Waals surface area (Å²) in [5, 5.41) is 12.0. The average Bonchev–Trinajstić information content (AvgIpc) is 2.77. The van der Waals surface area contributed by atoms with Crippen molar-refractivity contribution in [3.05, 3.63) is 35.2 Å². The molecule has 0 bridgehead atoms. The minimum Gasteiger partial charge on any atom is -0.468 e. The van der Waals surface area contributed by atoms with Crippen LogP contribution in [0.2, 0.25) is 0 Å². The largest absolute Gasteiger partial charge is 0.468 e. The lowest BCUT2D eigenvalue weighted by atomic mass is 10.00. The molecule has 0 fully saturated rings. The Labute approximate surface area is 96.9 Å². The van der Waals surface area contributed by atoms with Crippen LogP contribution >= 0.6 is 11.3 Å². The maximum absolute atomic E-state index is 11.4. The van der Waals surface area contributed by atoms with Crippen molar-refractivity contribution < 1.29 is 9.53 Å². The summed E-state index contributed by atoms with van der Waals surface area (Å²) in [7, 11) is 1.29. The molecule has 16 heavy (non-hydrogen) atoms. The molecule has 0 spiro atoms. The molecule has 0 amide bonds. The molecule has 0 N–H and O–H groups in total. The molecule has 2 rings (SSSR count). The number of nitriles is 1. The Morgan fingerprint density at radius 1 is 1.50 bits per heavy atom. The third-order valence-corrected chi connectivity index (χ3v) is 3.27. The fraction of sp³-hybridized carbons (Fsp3) is 0.167. The fourth-order valence-electron chi connectivity index (χ4n) is 1.55. The van der Waals surface area contributed by atoms with Crippen LogP contribution in [0.1, 0.15) is 11.5 Å². The standard InChI is InChI=1S/C12H9NO2S/c1-15-12(14)10(7-13)8-2-3-11-9(6-8)4-5-16-11/h2-6,10H,1H3. The number of ether oxygens (including phenoxy) is 1. The second-order valence-electron chi connectivity index (χ2n) is 3.30. The molecule has 80 valence electrons. The van der Waals surface area contributed by atoms with E-state index in [0.29, 0.717) is 5.56 Å². The first kappa shape index (κ1) is 10.7. The first-order chi connectivity index (χ1) is 7.76. The lowest BCUT2D eigenvalue weighted by molar-refractivity contribution is -0.140. The summed E-state index contributed by atoms with van der Waals surface area (Å²) in [6.07, 6.45) is 0. The Bertz CT molecular complexity index is 568. The van der Waals surface area contributed by atoms with Gasteiger partial charge in [0, 0.05) is 4.70 Å². The average molecular weight is 231 g/mol. The molecule has 1 heterocycles. The first-order valence-electron chi connectivity index (χ1n) is 4.71. The van der Waals surface area contributed by atoms with Crippen molar-refractivity contribution >= 4 is 27.4 Å². The molecule has 2 aromatic rings. The Hall–Kier alpha value is -1.86. The number of carbonyl (C=O) groups excluding carboxylic acids is 1. The number of benzene rings is 1. The van der Waals surface area contributed by atoms with Crippen molar-refractivity contribution in [3.8, 4) is 6.07 Å². The van der Waals surface area contributed by atoms with E-state index in [4.69, 9.17) is 5.26 Å². The quantitative estimate of drug-likeness (QED) is 0.746. The number of thiophene rings is 1. The normalized spacial score (nSPS) is 12.0. The maximum Gasteiger partial charge on any atom is 0.327 e. The molecule has 1 aromatic carbocycles. The molecule has 0 aliphatic heterocycles. The van der Waals surface area contributed by atoms with Gasteiger partial charge in [0.05, 0.1) is 13.2 Å². The predicted molar refractivity (Wildman–Crippen MR) is 62.2 cm³/mol. The molecule has 1 atom stereocenters. The highest BCUT2D eigenvalue weighted by Crippen LogP contribution is 2.25. The van der Waals surface area contributed by atoms with E-state index >= 15 is 0 Å². The number of fused-ring (bicyclic) bond motifs is 1. The van der Waals surface area contributed by atoms with Crippen molar-refractivity contribution in [3.63, 3.8) is 0 Å². The van der Waals surface area contributed by atoms with Crippen molar-refractivity contribution in [1.29, 1.82) is 5.26 Å². The van der Waals surface area contributed by atoms with Gasteiger partial charge in [-0.1, -0.05) is 6.07 Å². The molecule has 0 radical (unpaired) electrons. The van der Waals surface area contributed by atoms with Gasteiger partial charge in [0.15, 0.2) is 5.92 Å². The van der Waals surface area contributed by atoms with Gasteiger partial charge >= 0.3 is 5.97 Å². The van der Waals surface area contributed by atoms with E-state index in [1.807, 2.05) is 29.6 Å². The maximum atomic E-state index is 11.4. The van der Waals surface area contributed by atoms with Crippen molar-refractivity contribution in [1.82, 2.24) is 0 Å². The number of rotatable bonds is 2. The zero-order valence-corrected chi connectivity index (χ0v) is 9.45. The number of nitrogens with zero attached hydrogens (tertiary/aromatic N) is 1. The number of esters is 1. The van der Waals surface area contributed by atoms with Crippen LogP contribution in [0.3, 0.4) is 0 Å². The summed E-state index contributed by atoms with van der Waals surface area (Å²) in [4.78, 5) is 11.4. The third-order valence-electron chi connectivity index (χ3n) is 2.38.